The SMILES string of the molecule is O=Cc1c[nH]c2cc(C(O)C(O)CCS)ccc12. The van der Waals surface area contributed by atoms with Crippen LogP contribution in [-0.4, -0.2) is 33.3 Å². The highest BCUT2D eigenvalue weighted by atomic mass is 32.1. The fourth-order valence-corrected chi connectivity index (χ4v) is 2.22. The van der Waals surface area contributed by atoms with Crippen molar-refractivity contribution in [3.8, 4) is 0 Å². The van der Waals surface area contributed by atoms with Gasteiger partial charge in [-0.3, -0.25) is 4.79 Å². The van der Waals surface area contributed by atoms with Gasteiger partial charge in [0.15, 0.2) is 6.29 Å². The van der Waals surface area contributed by atoms with E-state index < -0.39 is 12.2 Å². The second-order valence-electron chi connectivity index (χ2n) is 4.19. The average molecular weight is 265 g/mol. The molecule has 0 radical (unpaired) electrons. The van der Waals surface area contributed by atoms with Crippen LogP contribution in [0.25, 0.3) is 10.9 Å². The Hall–Kier alpha value is -1.30. The quantitative estimate of drug-likeness (QED) is 0.491. The summed E-state index contributed by atoms with van der Waals surface area (Å²) < 4.78 is 0. The number of carbonyl (C=O) groups excluding carboxylic acids is 1. The van der Waals surface area contributed by atoms with E-state index in [-0.39, 0.29) is 0 Å². The maximum Gasteiger partial charge on any atom is 0.152 e. The molecule has 96 valence electrons. The highest BCUT2D eigenvalue weighted by Crippen LogP contribution is 2.24. The van der Waals surface area contributed by atoms with Crippen molar-refractivity contribution >= 4 is 29.8 Å². The number of rotatable bonds is 5. The van der Waals surface area contributed by atoms with Crippen molar-refractivity contribution in [1.82, 2.24) is 4.98 Å². The summed E-state index contributed by atoms with van der Waals surface area (Å²) in [4.78, 5) is 13.7. The van der Waals surface area contributed by atoms with Crippen LogP contribution in [-0.2, 0) is 0 Å². The monoisotopic (exact) mass is 265 g/mol. The summed E-state index contributed by atoms with van der Waals surface area (Å²) in [5.41, 5.74) is 1.98. The van der Waals surface area contributed by atoms with Crippen LogP contribution in [0.15, 0.2) is 24.4 Å². The Morgan fingerprint density at radius 1 is 1.39 bits per heavy atom. The van der Waals surface area contributed by atoms with Crippen LogP contribution in [0.3, 0.4) is 0 Å². The van der Waals surface area contributed by atoms with Crippen LogP contribution in [0, 0.1) is 0 Å². The van der Waals surface area contributed by atoms with E-state index in [9.17, 15) is 15.0 Å². The number of aliphatic hydroxyl groups excluding tert-OH is 2. The van der Waals surface area contributed by atoms with E-state index in [0.717, 1.165) is 17.2 Å². The molecule has 0 fully saturated rings. The van der Waals surface area contributed by atoms with Gasteiger partial charge in [-0.1, -0.05) is 12.1 Å². The van der Waals surface area contributed by atoms with Crippen LogP contribution >= 0.6 is 12.6 Å². The Kier molecular flexibility index (Phi) is 4.06. The minimum Gasteiger partial charge on any atom is -0.390 e. The Labute approximate surface area is 110 Å². The number of fused-ring (bicyclic) bond motifs is 1. The predicted molar refractivity (Wildman–Crippen MR) is 73.1 cm³/mol. The number of aromatic amines is 1. The van der Waals surface area contributed by atoms with Gasteiger partial charge in [0.05, 0.1) is 6.10 Å². The maximum atomic E-state index is 10.8. The van der Waals surface area contributed by atoms with E-state index in [1.165, 1.54) is 0 Å². The van der Waals surface area contributed by atoms with Gasteiger partial charge in [-0.2, -0.15) is 12.6 Å². The number of benzene rings is 1. The number of hydrogen-bond acceptors (Lipinski definition) is 4. The molecule has 2 unspecified atom stereocenters. The lowest BCUT2D eigenvalue weighted by molar-refractivity contribution is 0.0173. The molecule has 3 N–H and O–H groups in total. The van der Waals surface area contributed by atoms with Gasteiger partial charge in [0.1, 0.15) is 6.10 Å². The topological polar surface area (TPSA) is 73.3 Å². The van der Waals surface area contributed by atoms with Crippen molar-refractivity contribution in [1.29, 1.82) is 0 Å². The van der Waals surface area contributed by atoms with E-state index >= 15 is 0 Å². The molecule has 5 heteroatoms. The normalized spacial score (nSPS) is 14.6. The van der Waals surface area contributed by atoms with Crippen molar-refractivity contribution in [3.63, 3.8) is 0 Å². The summed E-state index contributed by atoms with van der Waals surface area (Å²) in [5, 5.41) is 20.5. The minimum absolute atomic E-state index is 0.423. The fraction of sp³-hybridized carbons (Fsp3) is 0.308. The van der Waals surface area contributed by atoms with Crippen LogP contribution in [0.4, 0.5) is 0 Å². The third-order valence-electron chi connectivity index (χ3n) is 3.00. The van der Waals surface area contributed by atoms with Gasteiger partial charge in [-0.25, -0.2) is 0 Å². The van der Waals surface area contributed by atoms with Crippen molar-refractivity contribution in [2.24, 2.45) is 0 Å². The van der Waals surface area contributed by atoms with Crippen LogP contribution in [0.1, 0.15) is 28.4 Å². The van der Waals surface area contributed by atoms with E-state index in [4.69, 9.17) is 0 Å². The third kappa shape index (κ3) is 2.43. The molecule has 0 amide bonds. The van der Waals surface area contributed by atoms with E-state index in [0.29, 0.717) is 23.3 Å². The van der Waals surface area contributed by atoms with Crippen LogP contribution < -0.4 is 0 Å². The molecular formula is C13H15NO3S. The largest absolute Gasteiger partial charge is 0.390 e. The Bertz CT molecular complexity index is 552. The summed E-state index contributed by atoms with van der Waals surface area (Å²) in [6.07, 6.45) is 1.06. The molecule has 0 aliphatic carbocycles. The number of nitrogens with one attached hydrogen (secondary N) is 1. The number of hydrogen-bond donors (Lipinski definition) is 4. The molecule has 2 rings (SSSR count). The second kappa shape index (κ2) is 5.56. The van der Waals surface area contributed by atoms with E-state index in [1.807, 2.05) is 0 Å². The standard InChI is InChI=1S/C13H15NO3S/c15-7-9-6-14-11-5-8(1-2-10(9)11)13(17)12(16)3-4-18/h1-2,5-7,12-14,16-18H,3-4H2. The number of aliphatic hydroxyl groups is 2. The molecule has 1 aromatic carbocycles. The highest BCUT2D eigenvalue weighted by molar-refractivity contribution is 7.80. The van der Waals surface area contributed by atoms with E-state index in [1.54, 1.807) is 24.4 Å². The molecule has 0 saturated carbocycles. The van der Waals surface area contributed by atoms with Gasteiger partial charge in [0.2, 0.25) is 0 Å². The lowest BCUT2D eigenvalue weighted by atomic mass is 10.0. The molecule has 4 nitrogen and oxygen atoms in total. The van der Waals surface area contributed by atoms with Crippen molar-refractivity contribution in [2.75, 3.05) is 5.75 Å². The fourth-order valence-electron chi connectivity index (χ4n) is 1.96. The average Bonchev–Trinajstić information content (AvgIpc) is 2.80. The first-order chi connectivity index (χ1) is 8.67. The summed E-state index contributed by atoms with van der Waals surface area (Å²) in [6.45, 7) is 0. The van der Waals surface area contributed by atoms with Gasteiger partial charge in [0.25, 0.3) is 0 Å². The zero-order chi connectivity index (χ0) is 13.1. The molecule has 18 heavy (non-hydrogen) atoms. The predicted octanol–water partition coefficient (Wildman–Crippen LogP) is 1.69. The zero-order valence-electron chi connectivity index (χ0n) is 9.71. The lowest BCUT2D eigenvalue weighted by Gasteiger charge is -2.17. The zero-order valence-corrected chi connectivity index (χ0v) is 10.6. The van der Waals surface area contributed by atoms with Crippen LogP contribution in [0.2, 0.25) is 0 Å². The Morgan fingerprint density at radius 3 is 2.83 bits per heavy atom. The molecule has 1 heterocycles. The first kappa shape index (κ1) is 13.1. The number of aromatic nitrogens is 1. The van der Waals surface area contributed by atoms with Gasteiger partial charge < -0.3 is 15.2 Å². The molecule has 0 bridgehead atoms. The van der Waals surface area contributed by atoms with Gasteiger partial charge in [0, 0.05) is 22.7 Å². The summed E-state index contributed by atoms with van der Waals surface area (Å²) in [6, 6.07) is 5.23. The maximum absolute atomic E-state index is 10.8. The van der Waals surface area contributed by atoms with Crippen LogP contribution in [0.5, 0.6) is 0 Å². The number of H-pyrrole nitrogens is 1. The minimum atomic E-state index is -0.940. The summed E-state index contributed by atoms with van der Waals surface area (Å²) in [5.74, 6) is 0.512. The molecule has 2 atom stereocenters. The van der Waals surface area contributed by atoms with Crippen molar-refractivity contribution < 1.29 is 15.0 Å². The van der Waals surface area contributed by atoms with Crippen molar-refractivity contribution in [2.45, 2.75) is 18.6 Å². The Balaban J connectivity index is 2.32. The lowest BCUT2D eigenvalue weighted by Crippen LogP contribution is -2.18. The van der Waals surface area contributed by atoms with E-state index in [2.05, 4.69) is 17.6 Å². The van der Waals surface area contributed by atoms with Gasteiger partial charge in [-0.15, -0.1) is 0 Å². The molecule has 2 aromatic rings. The first-order valence-corrected chi connectivity index (χ1v) is 6.34. The first-order valence-electron chi connectivity index (χ1n) is 5.70. The molecule has 0 aliphatic rings. The molecular weight excluding hydrogens is 250 g/mol. The number of aldehydes is 1. The molecule has 1 aromatic heterocycles. The van der Waals surface area contributed by atoms with Crippen molar-refractivity contribution in [3.05, 3.63) is 35.5 Å². The molecule has 0 spiro atoms. The molecule has 0 aliphatic heterocycles. The highest BCUT2D eigenvalue weighted by Gasteiger charge is 2.18. The molecule has 0 saturated heterocycles. The smallest absolute Gasteiger partial charge is 0.152 e. The van der Waals surface area contributed by atoms with Gasteiger partial charge >= 0.3 is 0 Å². The third-order valence-corrected chi connectivity index (χ3v) is 3.25. The Morgan fingerprint density at radius 2 is 2.17 bits per heavy atom. The number of thiol groups is 1. The summed E-state index contributed by atoms with van der Waals surface area (Å²) >= 11 is 4.03. The number of carbonyl (C=O) groups is 1. The summed E-state index contributed by atoms with van der Waals surface area (Å²) in [7, 11) is 0. The van der Waals surface area contributed by atoms with Gasteiger partial charge in [-0.05, 0) is 23.8 Å². The second-order valence-corrected chi connectivity index (χ2v) is 4.64.